The van der Waals surface area contributed by atoms with Crippen LogP contribution in [0.3, 0.4) is 0 Å². The molecule has 11 aromatic carbocycles. The number of nitrogens with zero attached hydrogens (tertiary/aromatic N) is 4. The predicted octanol–water partition coefficient (Wildman–Crippen LogP) is 21.7. The number of hydrogen-bond donors (Lipinski definition) is 0. The summed E-state index contributed by atoms with van der Waals surface area (Å²) in [6.45, 7) is 6.65. The lowest BCUT2D eigenvalue weighted by Crippen LogP contribution is -2.12. The molecule has 0 atom stereocenters. The van der Waals surface area contributed by atoms with Crippen LogP contribution in [0.2, 0.25) is 0 Å². The standard InChI is InChI=1S/C53H55N3.C22H19N/c1-4-5-6-7-8-9-12-17-43-24-32-50(33-25-43)56(49-30-22-42(2)23-31-49)53-40-38-52(39-41-53)55(48-20-15-11-16-21-48)51-36-28-45(29-37-51)44-26-34-47(35-27-44)54(3)46-18-13-10-14-19-46;1-16-18-12-6-8-14-20(18)22(21-15-9-7-13-19(16)21)23(2)17-10-4-3-5-11-17/h10-11,13-16,18-41H,4-9,12,17H2,1-3H3;3-15H,1-2H3. The minimum absolute atomic E-state index is 1.11. The number of benzene rings is 11. The van der Waals surface area contributed by atoms with Crippen LogP contribution in [0.1, 0.15) is 68.6 Å². The molecule has 0 aliphatic rings. The molecule has 4 heteroatoms. The molecule has 79 heavy (non-hydrogen) atoms. The number of unbranched alkanes of at least 4 members (excludes halogenated alkanes) is 6. The first-order valence-electron chi connectivity index (χ1n) is 28.4. The Hall–Kier alpha value is -8.86. The molecule has 0 N–H and O–H groups in total. The fraction of sp³-hybridized carbons (Fsp3) is 0.173. The van der Waals surface area contributed by atoms with Gasteiger partial charge in [0.1, 0.15) is 0 Å². The maximum Gasteiger partial charge on any atom is 0.0567 e. The van der Waals surface area contributed by atoms with Crippen molar-refractivity contribution in [3.63, 3.8) is 0 Å². The van der Waals surface area contributed by atoms with Gasteiger partial charge in [0.15, 0.2) is 0 Å². The number of fused-ring (bicyclic) bond motifs is 2. The van der Waals surface area contributed by atoms with Crippen molar-refractivity contribution in [2.24, 2.45) is 0 Å². The second-order valence-corrected chi connectivity index (χ2v) is 20.8. The zero-order chi connectivity index (χ0) is 54.3. The third kappa shape index (κ3) is 12.8. The van der Waals surface area contributed by atoms with Crippen LogP contribution in [-0.2, 0) is 6.42 Å². The van der Waals surface area contributed by atoms with E-state index >= 15 is 0 Å². The van der Waals surface area contributed by atoms with Crippen LogP contribution in [0, 0.1) is 13.8 Å². The molecule has 0 aliphatic heterocycles. The minimum Gasteiger partial charge on any atom is -0.345 e. The molecule has 0 saturated carbocycles. The molecule has 0 bridgehead atoms. The molecular formula is C75H74N4. The summed E-state index contributed by atoms with van der Waals surface area (Å²) in [6.07, 6.45) is 10.5. The minimum atomic E-state index is 1.11. The van der Waals surface area contributed by atoms with Crippen molar-refractivity contribution in [1.82, 2.24) is 0 Å². The van der Waals surface area contributed by atoms with E-state index in [1.165, 1.54) is 117 Å². The van der Waals surface area contributed by atoms with Crippen LogP contribution in [0.5, 0.6) is 0 Å². The van der Waals surface area contributed by atoms with E-state index in [-0.39, 0.29) is 0 Å². The maximum absolute atomic E-state index is 2.37. The van der Waals surface area contributed by atoms with Crippen molar-refractivity contribution in [2.45, 2.75) is 72.1 Å². The number of para-hydroxylation sites is 3. The third-order valence-corrected chi connectivity index (χ3v) is 15.4. The van der Waals surface area contributed by atoms with E-state index in [1.807, 2.05) is 0 Å². The summed E-state index contributed by atoms with van der Waals surface area (Å²) in [5.74, 6) is 0. The fourth-order valence-electron chi connectivity index (χ4n) is 11.0. The largest absolute Gasteiger partial charge is 0.345 e. The molecule has 0 aliphatic carbocycles. The second-order valence-electron chi connectivity index (χ2n) is 20.8. The van der Waals surface area contributed by atoms with Crippen LogP contribution in [0.15, 0.2) is 261 Å². The predicted molar refractivity (Wildman–Crippen MR) is 343 cm³/mol. The number of aryl methyl sites for hydroxylation is 3. The molecule has 11 rings (SSSR count). The van der Waals surface area contributed by atoms with Gasteiger partial charge in [-0.25, -0.2) is 0 Å². The highest BCUT2D eigenvalue weighted by Gasteiger charge is 2.18. The summed E-state index contributed by atoms with van der Waals surface area (Å²) in [6, 6.07) is 93.8. The van der Waals surface area contributed by atoms with Crippen LogP contribution in [0.25, 0.3) is 32.7 Å². The zero-order valence-corrected chi connectivity index (χ0v) is 46.8. The highest BCUT2D eigenvalue weighted by Crippen LogP contribution is 2.42. The Balaban J connectivity index is 0.000000253. The van der Waals surface area contributed by atoms with Gasteiger partial charge in [-0.2, -0.15) is 0 Å². The Bertz CT molecular complexity index is 3580. The van der Waals surface area contributed by atoms with Gasteiger partial charge in [-0.3, -0.25) is 0 Å². The summed E-state index contributed by atoms with van der Waals surface area (Å²) in [7, 11) is 4.26. The molecule has 0 saturated heterocycles. The quantitative estimate of drug-likeness (QED) is 0.0591. The molecule has 11 aromatic rings. The SMILES string of the molecule is CCCCCCCCCc1ccc(N(c2ccc(C)cc2)c2ccc(N(c3ccccc3)c3ccc(-c4ccc(N(C)c5ccccc5)cc4)cc3)cc2)cc1.Cc1c2ccccc2c(N(C)c2ccccc2)c2ccccc12. The molecule has 0 fully saturated rings. The summed E-state index contributed by atoms with van der Waals surface area (Å²) < 4.78 is 0. The average molecular weight is 1030 g/mol. The summed E-state index contributed by atoms with van der Waals surface area (Å²) >= 11 is 0. The molecule has 0 amide bonds. The Morgan fingerprint density at radius 3 is 1.05 bits per heavy atom. The van der Waals surface area contributed by atoms with E-state index in [0.29, 0.717) is 0 Å². The Kier molecular flexibility index (Phi) is 17.6. The number of anilines is 10. The molecule has 0 aromatic heterocycles. The maximum atomic E-state index is 2.37. The lowest BCUT2D eigenvalue weighted by atomic mass is 9.95. The van der Waals surface area contributed by atoms with Crippen LogP contribution in [0.4, 0.5) is 56.9 Å². The molecular weight excluding hydrogens is 957 g/mol. The van der Waals surface area contributed by atoms with E-state index in [2.05, 4.69) is 315 Å². The first kappa shape index (κ1) is 53.5. The van der Waals surface area contributed by atoms with Crippen LogP contribution < -0.4 is 19.6 Å². The van der Waals surface area contributed by atoms with Gasteiger partial charge in [0.2, 0.25) is 0 Å². The highest BCUT2D eigenvalue weighted by molar-refractivity contribution is 6.14. The van der Waals surface area contributed by atoms with Crippen molar-refractivity contribution in [1.29, 1.82) is 0 Å². The van der Waals surface area contributed by atoms with Crippen molar-refractivity contribution in [2.75, 3.05) is 33.7 Å². The third-order valence-electron chi connectivity index (χ3n) is 15.4. The normalized spacial score (nSPS) is 11.0. The molecule has 0 heterocycles. The first-order chi connectivity index (χ1) is 38.8. The summed E-state index contributed by atoms with van der Waals surface area (Å²) in [5, 5.41) is 5.25. The Morgan fingerprint density at radius 1 is 0.278 bits per heavy atom. The Morgan fingerprint density at radius 2 is 0.595 bits per heavy atom. The van der Waals surface area contributed by atoms with Crippen LogP contribution >= 0.6 is 0 Å². The first-order valence-corrected chi connectivity index (χ1v) is 28.4. The summed E-state index contributed by atoms with van der Waals surface area (Å²) in [4.78, 5) is 9.21. The van der Waals surface area contributed by atoms with Gasteiger partial charge < -0.3 is 19.6 Å². The Labute approximate surface area is 470 Å². The fourth-order valence-corrected chi connectivity index (χ4v) is 11.0. The van der Waals surface area contributed by atoms with Gasteiger partial charge in [0.25, 0.3) is 0 Å². The van der Waals surface area contributed by atoms with E-state index < -0.39 is 0 Å². The van der Waals surface area contributed by atoms with Gasteiger partial charge in [0.05, 0.1) is 5.69 Å². The van der Waals surface area contributed by atoms with Gasteiger partial charge in [-0.1, -0.05) is 203 Å². The molecule has 4 nitrogen and oxygen atoms in total. The van der Waals surface area contributed by atoms with Crippen molar-refractivity contribution in [3.05, 3.63) is 278 Å². The van der Waals surface area contributed by atoms with Gasteiger partial charge >= 0.3 is 0 Å². The lowest BCUT2D eigenvalue weighted by Gasteiger charge is -2.28. The number of rotatable bonds is 19. The monoisotopic (exact) mass is 1030 g/mol. The molecule has 0 spiro atoms. The average Bonchev–Trinajstić information content (AvgIpc) is 3.66. The van der Waals surface area contributed by atoms with Gasteiger partial charge in [0, 0.05) is 76.1 Å². The molecule has 0 radical (unpaired) electrons. The van der Waals surface area contributed by atoms with E-state index in [0.717, 1.165) is 40.5 Å². The van der Waals surface area contributed by atoms with E-state index in [9.17, 15) is 0 Å². The van der Waals surface area contributed by atoms with Gasteiger partial charge in [-0.15, -0.1) is 0 Å². The van der Waals surface area contributed by atoms with Crippen molar-refractivity contribution < 1.29 is 0 Å². The van der Waals surface area contributed by atoms with Gasteiger partial charge in [-0.05, 0) is 169 Å². The van der Waals surface area contributed by atoms with E-state index in [4.69, 9.17) is 0 Å². The summed E-state index contributed by atoms with van der Waals surface area (Å²) in [5.41, 5.74) is 18.0. The van der Waals surface area contributed by atoms with Crippen LogP contribution in [-0.4, -0.2) is 14.1 Å². The number of hydrogen-bond acceptors (Lipinski definition) is 4. The van der Waals surface area contributed by atoms with Crippen molar-refractivity contribution >= 4 is 78.4 Å². The highest BCUT2D eigenvalue weighted by atomic mass is 15.2. The van der Waals surface area contributed by atoms with Crippen molar-refractivity contribution in [3.8, 4) is 11.1 Å². The lowest BCUT2D eigenvalue weighted by molar-refractivity contribution is 0.589. The van der Waals surface area contributed by atoms with E-state index in [1.54, 1.807) is 0 Å². The molecule has 394 valence electrons. The smallest absolute Gasteiger partial charge is 0.0567 e. The zero-order valence-electron chi connectivity index (χ0n) is 46.8. The second kappa shape index (κ2) is 26.0. The topological polar surface area (TPSA) is 13.0 Å². The molecule has 0 unspecified atom stereocenters.